The molecule has 1 aliphatic carbocycles. The fraction of sp³-hybridized carbons (Fsp3) is 0.719. The van der Waals surface area contributed by atoms with Crippen LogP contribution in [-0.4, -0.2) is 170 Å². The SMILES string of the molecule is C=C(C)C(=O)OCCCCCC(=O)OCCCCCC(=O)OCCCCCC(=O)OCCCCCC(=O)OCCCCCC(=O)OCCCCCC(=O)OCCCCCC(=O)OCCCCCC(=O)OCCCCCC(=O)OCCCCCC(=O)OCCCCCCO[C@H]1CC[C@H](C(=O)Oc2ccc(OC(=O)c3ccc(OCCCCCC)cc3)cc2)CC1. The van der Waals surface area contributed by atoms with E-state index in [1.165, 1.54) is 12.8 Å². The van der Waals surface area contributed by atoms with Crippen molar-refractivity contribution >= 4 is 77.6 Å². The lowest BCUT2D eigenvalue weighted by atomic mass is 9.87. The summed E-state index contributed by atoms with van der Waals surface area (Å²) in [5, 5.41) is 0. The molecule has 2 aromatic rings. The van der Waals surface area contributed by atoms with Crippen LogP contribution in [-0.2, 0) is 114 Å². The van der Waals surface area contributed by atoms with Gasteiger partial charge in [0.15, 0.2) is 0 Å². The smallest absolute Gasteiger partial charge is 0.343 e. The Labute approximate surface area is 736 Å². The van der Waals surface area contributed by atoms with E-state index in [9.17, 15) is 62.3 Å². The van der Waals surface area contributed by atoms with Crippen molar-refractivity contribution in [2.24, 2.45) is 5.92 Å². The van der Waals surface area contributed by atoms with Crippen molar-refractivity contribution in [2.75, 3.05) is 85.9 Å². The maximum atomic E-state index is 13.0. The highest BCUT2D eigenvalue weighted by molar-refractivity contribution is 5.91. The van der Waals surface area contributed by atoms with Gasteiger partial charge in [-0.2, -0.15) is 0 Å². The van der Waals surface area contributed by atoms with Crippen LogP contribution in [0.5, 0.6) is 17.2 Å². The summed E-state index contributed by atoms with van der Waals surface area (Å²) in [6.07, 6.45) is 33.9. The van der Waals surface area contributed by atoms with E-state index in [2.05, 4.69) is 13.5 Å². The van der Waals surface area contributed by atoms with Crippen LogP contribution in [0.4, 0.5) is 0 Å². The maximum Gasteiger partial charge on any atom is 0.343 e. The van der Waals surface area contributed by atoms with Gasteiger partial charge in [-0.05, 0) is 299 Å². The predicted molar refractivity (Wildman–Crippen MR) is 463 cm³/mol. The average molecular weight is 1750 g/mol. The average Bonchev–Trinajstić information content (AvgIpc) is 0.854. The van der Waals surface area contributed by atoms with Gasteiger partial charge in [0.25, 0.3) is 0 Å². The van der Waals surface area contributed by atoms with Gasteiger partial charge in [-0.3, -0.25) is 52.7 Å². The zero-order chi connectivity index (χ0) is 89.8. The van der Waals surface area contributed by atoms with E-state index in [-0.39, 0.29) is 169 Å². The number of benzene rings is 2. The molecule has 0 N–H and O–H groups in total. The summed E-state index contributed by atoms with van der Waals surface area (Å²) in [6, 6.07) is 13.3. The molecule has 1 saturated carbocycles. The van der Waals surface area contributed by atoms with Crippen molar-refractivity contribution in [3.8, 4) is 17.2 Å². The maximum absolute atomic E-state index is 13.0. The van der Waals surface area contributed by atoms with E-state index < -0.39 is 11.9 Å². The van der Waals surface area contributed by atoms with Crippen LogP contribution < -0.4 is 14.2 Å². The van der Waals surface area contributed by atoms with Crippen molar-refractivity contribution in [3.05, 3.63) is 66.2 Å². The van der Waals surface area contributed by atoms with E-state index in [1.54, 1.807) is 55.5 Å². The number of carbonyl (C=O) groups is 13. The normalized spacial score (nSPS) is 12.8. The molecule has 700 valence electrons. The largest absolute Gasteiger partial charge is 0.494 e. The fourth-order valence-electron chi connectivity index (χ4n) is 13.0. The molecule has 0 radical (unpaired) electrons. The second-order valence-corrected chi connectivity index (χ2v) is 31.7. The topological polar surface area (TPSA) is 360 Å². The molecule has 0 atom stereocenters. The lowest BCUT2D eigenvalue weighted by molar-refractivity contribution is -0.146. The summed E-state index contributed by atoms with van der Waals surface area (Å²) >= 11 is 0. The number of carbonyl (C=O) groups excluding carboxylic acids is 13. The van der Waals surface area contributed by atoms with Gasteiger partial charge in [-0.15, -0.1) is 0 Å². The molecule has 3 rings (SSSR count). The minimum Gasteiger partial charge on any atom is -0.494 e. The van der Waals surface area contributed by atoms with E-state index in [0.29, 0.717) is 261 Å². The molecule has 0 aromatic heterocycles. The Morgan fingerprint density at radius 1 is 0.266 bits per heavy atom. The van der Waals surface area contributed by atoms with Crippen LogP contribution in [0.2, 0.25) is 0 Å². The molecule has 0 amide bonds. The van der Waals surface area contributed by atoms with E-state index in [0.717, 1.165) is 83.5 Å². The zero-order valence-electron chi connectivity index (χ0n) is 74.9. The number of hydrogen-bond acceptors (Lipinski definition) is 28. The third kappa shape index (κ3) is 63.9. The minimum atomic E-state index is -0.490. The summed E-state index contributed by atoms with van der Waals surface area (Å²) < 4.78 is 81.3. The number of esters is 13. The van der Waals surface area contributed by atoms with Crippen molar-refractivity contribution in [1.82, 2.24) is 0 Å². The predicted octanol–water partition coefficient (Wildman–Crippen LogP) is 19.1. The molecule has 1 fully saturated rings. The van der Waals surface area contributed by atoms with Gasteiger partial charge in [0.1, 0.15) is 17.2 Å². The first-order chi connectivity index (χ1) is 60.3. The van der Waals surface area contributed by atoms with Crippen molar-refractivity contribution in [1.29, 1.82) is 0 Å². The Bertz CT molecular complexity index is 3270. The quantitative estimate of drug-likeness (QED) is 0.0195. The zero-order valence-corrected chi connectivity index (χ0v) is 74.9. The molecule has 1 aliphatic rings. The highest BCUT2D eigenvalue weighted by atomic mass is 16.6. The first-order valence-corrected chi connectivity index (χ1v) is 46.6. The van der Waals surface area contributed by atoms with Crippen LogP contribution in [0.3, 0.4) is 0 Å². The van der Waals surface area contributed by atoms with E-state index in [4.69, 9.17) is 71.1 Å². The van der Waals surface area contributed by atoms with Crippen LogP contribution in [0, 0.1) is 5.92 Å². The Morgan fingerprint density at radius 2 is 0.500 bits per heavy atom. The van der Waals surface area contributed by atoms with Gasteiger partial charge in [-0.25, -0.2) is 9.59 Å². The molecule has 124 heavy (non-hydrogen) atoms. The molecule has 28 nitrogen and oxygen atoms in total. The van der Waals surface area contributed by atoms with Gasteiger partial charge in [0, 0.05) is 76.4 Å². The van der Waals surface area contributed by atoms with Crippen molar-refractivity contribution < 1.29 is 133 Å². The second kappa shape index (κ2) is 75.4. The molecule has 0 heterocycles. The Morgan fingerprint density at radius 3 is 0.774 bits per heavy atom. The first kappa shape index (κ1) is 109. The van der Waals surface area contributed by atoms with Crippen LogP contribution in [0.1, 0.15) is 358 Å². The van der Waals surface area contributed by atoms with Crippen LogP contribution in [0.25, 0.3) is 0 Å². The highest BCUT2D eigenvalue weighted by Crippen LogP contribution is 2.30. The number of ether oxygens (including phenoxy) is 15. The molecule has 2 aromatic carbocycles. The summed E-state index contributed by atoms with van der Waals surface area (Å²) in [7, 11) is 0. The molecular weight excluding hydrogens is 1600 g/mol. The van der Waals surface area contributed by atoms with Gasteiger partial charge < -0.3 is 71.1 Å². The van der Waals surface area contributed by atoms with Gasteiger partial charge in [0.2, 0.25) is 0 Å². The Hall–Kier alpha value is -8.95. The summed E-state index contributed by atoms with van der Waals surface area (Å²) in [6.45, 7) is 11.8. The molecule has 0 aliphatic heterocycles. The molecule has 0 spiro atoms. The Balaban J connectivity index is 0.958. The summed E-state index contributed by atoms with van der Waals surface area (Å²) in [5.41, 5.74) is 0.764. The molecule has 0 unspecified atom stereocenters. The Kier molecular flexibility index (Phi) is 66.4. The second-order valence-electron chi connectivity index (χ2n) is 31.7. The highest BCUT2D eigenvalue weighted by Gasteiger charge is 2.29. The van der Waals surface area contributed by atoms with Crippen molar-refractivity contribution in [3.63, 3.8) is 0 Å². The molecular formula is C96H148O28. The molecule has 0 saturated heterocycles. The van der Waals surface area contributed by atoms with E-state index >= 15 is 0 Å². The lowest BCUT2D eigenvalue weighted by Crippen LogP contribution is -2.29. The number of rotatable bonds is 79. The molecule has 0 bridgehead atoms. The molecule has 28 heteroatoms. The van der Waals surface area contributed by atoms with Crippen LogP contribution in [0.15, 0.2) is 60.7 Å². The minimum absolute atomic E-state index is 0.109. The number of unbranched alkanes of at least 4 members (excludes halogenated alkanes) is 26. The van der Waals surface area contributed by atoms with Crippen LogP contribution >= 0.6 is 0 Å². The summed E-state index contributed by atoms with van der Waals surface area (Å²) in [5.74, 6) is -2.69. The van der Waals surface area contributed by atoms with Crippen molar-refractivity contribution in [2.45, 2.75) is 354 Å². The van der Waals surface area contributed by atoms with Gasteiger partial charge in [-0.1, -0.05) is 39.2 Å². The lowest BCUT2D eigenvalue weighted by Gasteiger charge is -2.27. The summed E-state index contributed by atoms with van der Waals surface area (Å²) in [4.78, 5) is 158. The standard InChI is InChI=1S/C96H148O28/c1-4-5-6-29-64-110-80-56-52-78(53-57-80)95(108)123-82-60-62-83(63-61-82)124-96(109)79-54-58-81(59-55-79)111-65-30-7-8-31-66-112-84(97)42-19-9-32-67-113-85(98)43-20-10-33-68-114-86(99)44-21-11-34-69-115-87(100)45-22-12-35-70-116-88(101)46-23-13-36-71-117-89(102)47-24-14-37-72-118-90(103)48-25-15-38-73-119-91(104)49-26-16-39-74-120-92(105)50-27-17-40-75-121-93(106)51-28-18-41-76-122-94(107)77(2)3/h52-53,56-57,60-63,79,81H,2,4-51,54-55,58-59,64-76H2,1,3H3/t79-,81-. The van der Waals surface area contributed by atoms with Gasteiger partial charge >= 0.3 is 77.6 Å². The first-order valence-electron chi connectivity index (χ1n) is 46.6. The third-order valence-corrected chi connectivity index (χ3v) is 20.5. The van der Waals surface area contributed by atoms with E-state index in [1.807, 2.05) is 0 Å². The fourth-order valence-corrected chi connectivity index (χ4v) is 13.0. The monoisotopic (exact) mass is 1750 g/mol. The van der Waals surface area contributed by atoms with Gasteiger partial charge in [0.05, 0.1) is 96.9 Å². The third-order valence-electron chi connectivity index (χ3n) is 20.5. The number of hydrogen-bond donors (Lipinski definition) is 0.